The van der Waals surface area contributed by atoms with E-state index in [-0.39, 0.29) is 7.43 Å². The van der Waals surface area contributed by atoms with Crippen LogP contribution < -0.4 is 10.2 Å². The molecule has 2 aromatic heterocycles. The standard InChI is InChI=1S/C18H17N5S.CH4/c19-11-13-12-5-10-24-16(12)18(22-8-6-20-7-9-22)23-15-4-2-1-3-14(15)21-17(13)23;/h1-4,20H,5-10H2;1H4. The number of para-hydroxylation sites is 2. The van der Waals surface area contributed by atoms with Crippen LogP contribution in [0.5, 0.6) is 0 Å². The molecule has 0 aliphatic carbocycles. The van der Waals surface area contributed by atoms with Gasteiger partial charge in [0.25, 0.3) is 0 Å². The number of hydrogen-bond acceptors (Lipinski definition) is 5. The quantitative estimate of drug-likeness (QED) is 0.730. The number of thioether (sulfide) groups is 1. The molecule has 5 nitrogen and oxygen atoms in total. The Morgan fingerprint density at radius 1 is 1.20 bits per heavy atom. The number of aromatic nitrogens is 2. The fraction of sp³-hybridized carbons (Fsp3) is 0.368. The highest BCUT2D eigenvalue weighted by atomic mass is 32.2. The van der Waals surface area contributed by atoms with Crippen molar-refractivity contribution in [3.05, 3.63) is 35.4 Å². The summed E-state index contributed by atoms with van der Waals surface area (Å²) in [6, 6.07) is 10.6. The minimum Gasteiger partial charge on any atom is -0.354 e. The fourth-order valence-electron chi connectivity index (χ4n) is 3.82. The van der Waals surface area contributed by atoms with Crippen molar-refractivity contribution in [3.63, 3.8) is 0 Å². The van der Waals surface area contributed by atoms with Gasteiger partial charge in [-0.2, -0.15) is 5.26 Å². The van der Waals surface area contributed by atoms with Crippen LogP contribution in [0.2, 0.25) is 0 Å². The zero-order chi connectivity index (χ0) is 16.1. The van der Waals surface area contributed by atoms with E-state index in [4.69, 9.17) is 4.98 Å². The van der Waals surface area contributed by atoms with Gasteiger partial charge in [-0.05, 0) is 24.1 Å². The van der Waals surface area contributed by atoms with Crippen molar-refractivity contribution in [2.75, 3.05) is 36.8 Å². The summed E-state index contributed by atoms with van der Waals surface area (Å²) in [5.74, 6) is 2.28. The van der Waals surface area contributed by atoms with Crippen LogP contribution in [0.15, 0.2) is 29.2 Å². The number of nitrogens with one attached hydrogen (secondary N) is 1. The first kappa shape index (κ1) is 16.2. The number of imidazole rings is 1. The molecule has 1 fully saturated rings. The summed E-state index contributed by atoms with van der Waals surface area (Å²) in [4.78, 5) is 8.54. The highest BCUT2D eigenvalue weighted by Crippen LogP contribution is 2.43. The van der Waals surface area contributed by atoms with Crippen molar-refractivity contribution in [2.24, 2.45) is 0 Å². The molecule has 2 aliphatic heterocycles. The molecule has 0 unspecified atom stereocenters. The molecule has 1 aromatic carbocycles. The molecule has 0 saturated carbocycles. The molecule has 1 saturated heterocycles. The summed E-state index contributed by atoms with van der Waals surface area (Å²) in [5, 5.41) is 13.2. The number of pyridine rings is 1. The van der Waals surface area contributed by atoms with Gasteiger partial charge in [0.05, 0.1) is 21.5 Å². The van der Waals surface area contributed by atoms with Gasteiger partial charge in [0.15, 0.2) is 5.65 Å². The van der Waals surface area contributed by atoms with Gasteiger partial charge in [-0.25, -0.2) is 4.98 Å². The Kier molecular flexibility index (Phi) is 4.06. The summed E-state index contributed by atoms with van der Waals surface area (Å²) >= 11 is 1.88. The zero-order valence-corrected chi connectivity index (χ0v) is 14.1. The molecular formula is C19H21N5S. The lowest BCUT2D eigenvalue weighted by atomic mass is 10.1. The SMILES string of the molecule is C.N#Cc1c2c(c(N3CCNCC3)n3c1nc1ccccc13)SCC2. The molecule has 0 amide bonds. The number of rotatable bonds is 1. The van der Waals surface area contributed by atoms with Crippen LogP contribution in [0.1, 0.15) is 18.6 Å². The van der Waals surface area contributed by atoms with E-state index < -0.39 is 0 Å². The molecule has 25 heavy (non-hydrogen) atoms. The second-order valence-corrected chi connectivity index (χ2v) is 7.32. The lowest BCUT2D eigenvalue weighted by molar-refractivity contribution is 0.580. The molecule has 5 rings (SSSR count). The van der Waals surface area contributed by atoms with E-state index in [1.165, 1.54) is 16.3 Å². The summed E-state index contributed by atoms with van der Waals surface area (Å²) < 4.78 is 2.22. The van der Waals surface area contributed by atoms with Crippen LogP contribution in [-0.2, 0) is 6.42 Å². The number of nitrogens with zero attached hydrogens (tertiary/aromatic N) is 4. The van der Waals surface area contributed by atoms with Crippen LogP contribution in [0, 0.1) is 11.3 Å². The monoisotopic (exact) mass is 351 g/mol. The van der Waals surface area contributed by atoms with E-state index in [2.05, 4.69) is 26.8 Å². The molecule has 0 radical (unpaired) electrons. The van der Waals surface area contributed by atoms with E-state index in [1.807, 2.05) is 30.0 Å². The minimum absolute atomic E-state index is 0. The third-order valence-electron chi connectivity index (χ3n) is 4.90. The smallest absolute Gasteiger partial charge is 0.157 e. The highest BCUT2D eigenvalue weighted by molar-refractivity contribution is 7.99. The van der Waals surface area contributed by atoms with Crippen LogP contribution in [0.3, 0.4) is 0 Å². The maximum atomic E-state index is 9.79. The average molecular weight is 351 g/mol. The van der Waals surface area contributed by atoms with Gasteiger partial charge in [0, 0.05) is 31.9 Å². The lowest BCUT2D eigenvalue weighted by Gasteiger charge is -2.31. The number of piperazine rings is 1. The van der Waals surface area contributed by atoms with E-state index in [9.17, 15) is 5.26 Å². The van der Waals surface area contributed by atoms with Gasteiger partial charge in [-0.3, -0.25) is 4.40 Å². The van der Waals surface area contributed by atoms with Gasteiger partial charge in [-0.1, -0.05) is 19.6 Å². The summed E-state index contributed by atoms with van der Waals surface area (Å²) in [6.45, 7) is 3.96. The van der Waals surface area contributed by atoms with Gasteiger partial charge in [0.1, 0.15) is 11.9 Å². The molecule has 128 valence electrons. The van der Waals surface area contributed by atoms with Crippen molar-refractivity contribution < 1.29 is 0 Å². The molecule has 3 aromatic rings. The van der Waals surface area contributed by atoms with Crippen molar-refractivity contribution in [2.45, 2.75) is 18.7 Å². The third kappa shape index (κ3) is 2.30. The third-order valence-corrected chi connectivity index (χ3v) is 6.03. The Labute approximate surface area is 151 Å². The molecule has 0 bridgehead atoms. The van der Waals surface area contributed by atoms with Crippen molar-refractivity contribution in [3.8, 4) is 6.07 Å². The molecular weight excluding hydrogens is 330 g/mol. The molecule has 6 heteroatoms. The first-order valence-electron chi connectivity index (χ1n) is 8.33. The first-order valence-corrected chi connectivity index (χ1v) is 9.31. The maximum Gasteiger partial charge on any atom is 0.157 e. The highest BCUT2D eigenvalue weighted by Gasteiger charge is 2.29. The van der Waals surface area contributed by atoms with E-state index in [0.29, 0.717) is 0 Å². The maximum absolute atomic E-state index is 9.79. The molecule has 1 N–H and O–H groups in total. The van der Waals surface area contributed by atoms with E-state index in [1.54, 1.807) is 0 Å². The predicted octanol–water partition coefficient (Wildman–Crippen LogP) is 3.05. The number of benzene rings is 1. The molecule has 4 heterocycles. The zero-order valence-electron chi connectivity index (χ0n) is 13.2. The van der Waals surface area contributed by atoms with Gasteiger partial charge < -0.3 is 10.2 Å². The van der Waals surface area contributed by atoms with Gasteiger partial charge >= 0.3 is 0 Å². The van der Waals surface area contributed by atoms with Gasteiger partial charge in [0.2, 0.25) is 0 Å². The second kappa shape index (κ2) is 6.25. The van der Waals surface area contributed by atoms with E-state index >= 15 is 0 Å². The van der Waals surface area contributed by atoms with Crippen LogP contribution >= 0.6 is 11.8 Å². The minimum atomic E-state index is 0. The number of anilines is 1. The Balaban J connectivity index is 0.00000157. The molecule has 0 spiro atoms. The Bertz CT molecular complexity index is 995. The number of hydrogen-bond donors (Lipinski definition) is 1. The average Bonchev–Trinajstić information content (AvgIpc) is 3.25. The Morgan fingerprint density at radius 3 is 2.80 bits per heavy atom. The van der Waals surface area contributed by atoms with E-state index in [0.717, 1.165) is 60.6 Å². The van der Waals surface area contributed by atoms with Gasteiger partial charge in [-0.15, -0.1) is 11.8 Å². The van der Waals surface area contributed by atoms with Crippen molar-refractivity contribution in [1.82, 2.24) is 14.7 Å². The number of fused-ring (bicyclic) bond motifs is 4. The topological polar surface area (TPSA) is 56.4 Å². The normalized spacial score (nSPS) is 16.7. The summed E-state index contributed by atoms with van der Waals surface area (Å²) in [6.07, 6.45) is 0.960. The second-order valence-electron chi connectivity index (χ2n) is 6.21. The lowest BCUT2D eigenvalue weighted by Crippen LogP contribution is -2.44. The van der Waals surface area contributed by atoms with Crippen molar-refractivity contribution in [1.29, 1.82) is 5.26 Å². The summed E-state index contributed by atoms with van der Waals surface area (Å²) in [7, 11) is 0. The predicted molar refractivity (Wildman–Crippen MR) is 104 cm³/mol. The fourth-order valence-corrected chi connectivity index (χ4v) is 5.06. The Hall–Kier alpha value is -2.23. The van der Waals surface area contributed by atoms with Crippen LogP contribution in [0.25, 0.3) is 16.7 Å². The van der Waals surface area contributed by atoms with Crippen LogP contribution in [-0.4, -0.2) is 41.3 Å². The summed E-state index contributed by atoms with van der Waals surface area (Å²) in [5.41, 5.74) is 4.81. The Morgan fingerprint density at radius 2 is 2.00 bits per heavy atom. The number of nitriles is 1. The molecule has 2 aliphatic rings. The molecule has 0 atom stereocenters. The van der Waals surface area contributed by atoms with Crippen LogP contribution in [0.4, 0.5) is 5.82 Å². The first-order chi connectivity index (χ1) is 11.9. The van der Waals surface area contributed by atoms with Crippen molar-refractivity contribution >= 4 is 34.3 Å². The largest absolute Gasteiger partial charge is 0.354 e.